The maximum absolute atomic E-state index is 11.0. The molecule has 0 bridgehead atoms. The van der Waals surface area contributed by atoms with Crippen LogP contribution in [0, 0.1) is 5.92 Å². The van der Waals surface area contributed by atoms with Crippen LogP contribution in [0.2, 0.25) is 0 Å². The fraction of sp³-hybridized carbons (Fsp3) is 0.667. The van der Waals surface area contributed by atoms with Crippen molar-refractivity contribution in [1.82, 2.24) is 0 Å². The topological polar surface area (TPSA) is 29.5 Å². The highest BCUT2D eigenvalue weighted by atomic mass is 16.5. The van der Waals surface area contributed by atoms with Gasteiger partial charge < -0.3 is 9.84 Å². The first-order valence-corrected chi connectivity index (χ1v) is 7.67. The molecule has 1 heterocycles. The number of hydrogen-bond donors (Lipinski definition) is 1. The number of hydrogen-bond acceptors (Lipinski definition) is 2. The highest BCUT2D eigenvalue weighted by Gasteiger charge is 2.37. The van der Waals surface area contributed by atoms with Crippen molar-refractivity contribution in [3.8, 4) is 0 Å². The van der Waals surface area contributed by atoms with Gasteiger partial charge in [0.1, 0.15) is 0 Å². The van der Waals surface area contributed by atoms with Gasteiger partial charge in [-0.1, -0.05) is 58.9 Å². The Morgan fingerprint density at radius 2 is 1.80 bits per heavy atom. The average molecular weight is 276 g/mol. The van der Waals surface area contributed by atoms with Crippen LogP contribution in [0.1, 0.15) is 58.6 Å². The average Bonchev–Trinajstić information content (AvgIpc) is 2.38. The van der Waals surface area contributed by atoms with Gasteiger partial charge in [0, 0.05) is 12.8 Å². The first-order valence-electron chi connectivity index (χ1n) is 7.67. The van der Waals surface area contributed by atoms with Crippen LogP contribution >= 0.6 is 0 Å². The molecule has 0 radical (unpaired) electrons. The van der Waals surface area contributed by atoms with Crippen LogP contribution in [-0.2, 0) is 15.8 Å². The van der Waals surface area contributed by atoms with E-state index in [0.29, 0.717) is 25.4 Å². The molecule has 0 aromatic heterocycles. The van der Waals surface area contributed by atoms with E-state index in [-0.39, 0.29) is 11.5 Å². The molecule has 112 valence electrons. The van der Waals surface area contributed by atoms with Crippen molar-refractivity contribution in [2.45, 2.75) is 64.6 Å². The molecule has 0 saturated carbocycles. The minimum Gasteiger partial charge on any atom is -0.385 e. The zero-order chi connectivity index (χ0) is 15.0. The highest BCUT2D eigenvalue weighted by molar-refractivity contribution is 5.31. The molecule has 2 unspecified atom stereocenters. The van der Waals surface area contributed by atoms with Gasteiger partial charge in [-0.15, -0.1) is 0 Å². The lowest BCUT2D eigenvalue weighted by atomic mass is 9.79. The van der Waals surface area contributed by atoms with Gasteiger partial charge in [0.05, 0.1) is 18.3 Å². The second-order valence-corrected chi connectivity index (χ2v) is 7.47. The molecule has 2 nitrogen and oxygen atoms in total. The standard InChI is InChI=1S/C18H28O2/c1-13(2)16-12-18(19,10-11-20-16)15-8-6-14(7-9-15)17(3,4)5/h6-9,13,16,19H,10-12H2,1-5H3. The maximum Gasteiger partial charge on any atom is 0.0943 e. The van der Waals surface area contributed by atoms with Crippen molar-refractivity contribution in [1.29, 1.82) is 0 Å². The fourth-order valence-corrected chi connectivity index (χ4v) is 2.84. The normalized spacial score (nSPS) is 27.9. The third kappa shape index (κ3) is 3.24. The van der Waals surface area contributed by atoms with Gasteiger partial charge in [-0.2, -0.15) is 0 Å². The predicted octanol–water partition coefficient (Wildman–Crippen LogP) is 4.01. The molecule has 2 atom stereocenters. The van der Waals surface area contributed by atoms with E-state index in [0.717, 1.165) is 5.56 Å². The Bertz CT molecular complexity index is 441. The van der Waals surface area contributed by atoms with Gasteiger partial charge in [-0.05, 0) is 22.5 Å². The molecule has 0 amide bonds. The molecule has 1 N–H and O–H groups in total. The first kappa shape index (κ1) is 15.5. The van der Waals surface area contributed by atoms with Crippen molar-refractivity contribution >= 4 is 0 Å². The summed E-state index contributed by atoms with van der Waals surface area (Å²) < 4.78 is 5.77. The molecule has 1 fully saturated rings. The van der Waals surface area contributed by atoms with Crippen LogP contribution in [0.15, 0.2) is 24.3 Å². The summed E-state index contributed by atoms with van der Waals surface area (Å²) in [6.07, 6.45) is 1.53. The van der Waals surface area contributed by atoms with E-state index in [9.17, 15) is 5.11 Å². The van der Waals surface area contributed by atoms with Crippen molar-refractivity contribution in [2.75, 3.05) is 6.61 Å². The highest BCUT2D eigenvalue weighted by Crippen LogP contribution is 2.37. The predicted molar refractivity (Wildman–Crippen MR) is 82.9 cm³/mol. The van der Waals surface area contributed by atoms with E-state index >= 15 is 0 Å². The van der Waals surface area contributed by atoms with Crippen LogP contribution in [0.3, 0.4) is 0 Å². The maximum atomic E-state index is 11.0. The molecule has 1 saturated heterocycles. The fourth-order valence-electron chi connectivity index (χ4n) is 2.84. The van der Waals surface area contributed by atoms with E-state index in [2.05, 4.69) is 58.9 Å². The molecule has 1 aliphatic rings. The molecule has 1 aromatic carbocycles. The van der Waals surface area contributed by atoms with E-state index in [1.165, 1.54) is 5.56 Å². The molecular weight excluding hydrogens is 248 g/mol. The van der Waals surface area contributed by atoms with E-state index in [1.54, 1.807) is 0 Å². The van der Waals surface area contributed by atoms with E-state index in [4.69, 9.17) is 4.74 Å². The van der Waals surface area contributed by atoms with Crippen LogP contribution in [0.4, 0.5) is 0 Å². The molecular formula is C18H28O2. The third-order valence-corrected chi connectivity index (χ3v) is 4.42. The van der Waals surface area contributed by atoms with Crippen LogP contribution in [0.25, 0.3) is 0 Å². The molecule has 2 heteroatoms. The van der Waals surface area contributed by atoms with Crippen molar-refractivity contribution in [3.63, 3.8) is 0 Å². The Hall–Kier alpha value is -0.860. The third-order valence-electron chi connectivity index (χ3n) is 4.42. The first-order chi connectivity index (χ1) is 9.22. The van der Waals surface area contributed by atoms with Crippen molar-refractivity contribution in [3.05, 3.63) is 35.4 Å². The largest absolute Gasteiger partial charge is 0.385 e. The Morgan fingerprint density at radius 3 is 2.30 bits per heavy atom. The molecule has 20 heavy (non-hydrogen) atoms. The number of ether oxygens (including phenoxy) is 1. The summed E-state index contributed by atoms with van der Waals surface area (Å²) in [7, 11) is 0. The van der Waals surface area contributed by atoms with Gasteiger partial charge in [-0.3, -0.25) is 0 Å². The quantitative estimate of drug-likeness (QED) is 0.884. The monoisotopic (exact) mass is 276 g/mol. The van der Waals surface area contributed by atoms with Crippen molar-refractivity contribution in [2.24, 2.45) is 5.92 Å². The lowest BCUT2D eigenvalue weighted by molar-refractivity contribution is -0.121. The Kier molecular flexibility index (Phi) is 4.27. The Labute approximate surface area is 123 Å². The summed E-state index contributed by atoms with van der Waals surface area (Å²) in [5.74, 6) is 0.440. The Morgan fingerprint density at radius 1 is 1.20 bits per heavy atom. The van der Waals surface area contributed by atoms with Gasteiger partial charge in [0.15, 0.2) is 0 Å². The van der Waals surface area contributed by atoms with Crippen LogP contribution in [0.5, 0.6) is 0 Å². The second kappa shape index (κ2) is 5.50. The van der Waals surface area contributed by atoms with Gasteiger partial charge in [0.25, 0.3) is 0 Å². The summed E-state index contributed by atoms with van der Waals surface area (Å²) in [4.78, 5) is 0. The minimum absolute atomic E-state index is 0.149. The SMILES string of the molecule is CC(C)C1CC(O)(c2ccc(C(C)(C)C)cc2)CCO1. The molecule has 0 spiro atoms. The van der Waals surface area contributed by atoms with Crippen molar-refractivity contribution < 1.29 is 9.84 Å². The number of benzene rings is 1. The molecule has 0 aliphatic carbocycles. The second-order valence-electron chi connectivity index (χ2n) is 7.47. The smallest absolute Gasteiger partial charge is 0.0943 e. The molecule has 1 aliphatic heterocycles. The minimum atomic E-state index is -0.733. The summed E-state index contributed by atoms with van der Waals surface area (Å²) in [5, 5.41) is 11.0. The zero-order valence-corrected chi connectivity index (χ0v) is 13.4. The van der Waals surface area contributed by atoms with E-state index < -0.39 is 5.60 Å². The number of aliphatic hydroxyl groups is 1. The zero-order valence-electron chi connectivity index (χ0n) is 13.4. The molecule has 1 aromatic rings. The summed E-state index contributed by atoms with van der Waals surface area (Å²) >= 11 is 0. The lowest BCUT2D eigenvalue weighted by Gasteiger charge is -2.39. The summed E-state index contributed by atoms with van der Waals surface area (Å²) in [6, 6.07) is 8.47. The lowest BCUT2D eigenvalue weighted by Crippen LogP contribution is -2.40. The van der Waals surface area contributed by atoms with E-state index in [1.807, 2.05) is 0 Å². The summed E-state index contributed by atoms with van der Waals surface area (Å²) in [6.45, 7) is 11.6. The summed E-state index contributed by atoms with van der Waals surface area (Å²) in [5.41, 5.74) is 1.75. The molecule has 2 rings (SSSR count). The van der Waals surface area contributed by atoms with Gasteiger partial charge >= 0.3 is 0 Å². The van der Waals surface area contributed by atoms with Crippen LogP contribution in [-0.4, -0.2) is 17.8 Å². The Balaban J connectivity index is 2.21. The van der Waals surface area contributed by atoms with Gasteiger partial charge in [0.2, 0.25) is 0 Å². The number of rotatable bonds is 2. The van der Waals surface area contributed by atoms with Crippen LogP contribution < -0.4 is 0 Å². The van der Waals surface area contributed by atoms with Gasteiger partial charge in [-0.25, -0.2) is 0 Å².